The summed E-state index contributed by atoms with van der Waals surface area (Å²) in [6.07, 6.45) is 1.95. The molecule has 1 N–H and O–H groups in total. The Kier molecular flexibility index (Phi) is 5.58. The zero-order valence-corrected chi connectivity index (χ0v) is 13.3. The fraction of sp³-hybridized carbons (Fsp3) is 0.375. The van der Waals surface area contributed by atoms with Crippen molar-refractivity contribution < 1.29 is 4.39 Å². The summed E-state index contributed by atoms with van der Waals surface area (Å²) in [4.78, 5) is 1.24. The van der Waals surface area contributed by atoms with Crippen molar-refractivity contribution in [3.05, 3.63) is 56.5 Å². The Morgan fingerprint density at radius 1 is 1.30 bits per heavy atom. The highest BCUT2D eigenvalue weighted by Crippen LogP contribution is 2.28. The van der Waals surface area contributed by atoms with Crippen LogP contribution in [0, 0.1) is 12.7 Å². The lowest BCUT2D eigenvalue weighted by atomic mass is 9.98. The van der Waals surface area contributed by atoms with Gasteiger partial charge in [0.25, 0.3) is 0 Å². The maximum Gasteiger partial charge on any atom is 0.123 e. The Hall–Kier alpha value is -0.900. The van der Waals surface area contributed by atoms with Crippen LogP contribution in [0.25, 0.3) is 0 Å². The lowest BCUT2D eigenvalue weighted by Gasteiger charge is -2.20. The molecular weight excluding hydrogens is 293 g/mol. The summed E-state index contributed by atoms with van der Waals surface area (Å²) in [6.45, 7) is 5.05. The zero-order valence-electron chi connectivity index (χ0n) is 11.7. The van der Waals surface area contributed by atoms with Gasteiger partial charge in [-0.15, -0.1) is 11.3 Å². The second-order valence-electron chi connectivity index (χ2n) is 4.92. The summed E-state index contributed by atoms with van der Waals surface area (Å²) in [7, 11) is 0. The SMILES string of the molecule is CCCNC(Cc1ccc(Cl)s1)c1ccc(F)cc1C. The topological polar surface area (TPSA) is 12.0 Å². The van der Waals surface area contributed by atoms with Gasteiger partial charge in [-0.1, -0.05) is 24.6 Å². The highest BCUT2D eigenvalue weighted by atomic mass is 35.5. The van der Waals surface area contributed by atoms with Crippen LogP contribution in [-0.4, -0.2) is 6.54 Å². The average Bonchev–Trinajstić information content (AvgIpc) is 2.80. The van der Waals surface area contributed by atoms with Crippen molar-refractivity contribution in [1.82, 2.24) is 5.32 Å². The maximum absolute atomic E-state index is 13.3. The normalized spacial score (nSPS) is 12.6. The first kappa shape index (κ1) is 15.5. The van der Waals surface area contributed by atoms with Crippen LogP contribution < -0.4 is 5.32 Å². The van der Waals surface area contributed by atoms with Crippen molar-refractivity contribution in [3.63, 3.8) is 0 Å². The fourth-order valence-electron chi connectivity index (χ4n) is 2.30. The summed E-state index contributed by atoms with van der Waals surface area (Å²) < 4.78 is 14.1. The minimum absolute atomic E-state index is 0.181. The quantitative estimate of drug-likeness (QED) is 0.779. The molecule has 4 heteroatoms. The number of aryl methyl sites for hydroxylation is 1. The lowest BCUT2D eigenvalue weighted by molar-refractivity contribution is 0.528. The largest absolute Gasteiger partial charge is 0.310 e. The Bertz CT molecular complexity index is 567. The molecule has 0 aliphatic rings. The Labute approximate surface area is 128 Å². The molecule has 108 valence electrons. The van der Waals surface area contributed by atoms with E-state index in [2.05, 4.69) is 18.3 Å². The second kappa shape index (κ2) is 7.21. The van der Waals surface area contributed by atoms with Crippen LogP contribution in [0.15, 0.2) is 30.3 Å². The third-order valence-electron chi connectivity index (χ3n) is 3.28. The molecule has 1 aromatic carbocycles. The van der Waals surface area contributed by atoms with E-state index in [4.69, 9.17) is 11.6 Å². The van der Waals surface area contributed by atoms with Crippen LogP contribution in [0.4, 0.5) is 4.39 Å². The van der Waals surface area contributed by atoms with Gasteiger partial charge >= 0.3 is 0 Å². The van der Waals surface area contributed by atoms with Crippen LogP contribution in [0.1, 0.15) is 35.4 Å². The van der Waals surface area contributed by atoms with Gasteiger partial charge in [-0.25, -0.2) is 4.39 Å². The first-order valence-electron chi connectivity index (χ1n) is 6.83. The third kappa shape index (κ3) is 4.05. The first-order valence-corrected chi connectivity index (χ1v) is 8.03. The maximum atomic E-state index is 13.3. The molecule has 20 heavy (non-hydrogen) atoms. The van der Waals surface area contributed by atoms with Gasteiger partial charge in [0.15, 0.2) is 0 Å². The van der Waals surface area contributed by atoms with E-state index < -0.39 is 0 Å². The summed E-state index contributed by atoms with van der Waals surface area (Å²) in [5.74, 6) is -0.181. The molecule has 1 nitrogen and oxygen atoms in total. The standard InChI is InChI=1S/C16H19ClFNS/c1-3-8-19-15(10-13-5-7-16(17)20-13)14-6-4-12(18)9-11(14)2/h4-7,9,15,19H,3,8,10H2,1-2H3. The molecular formula is C16H19ClFNS. The molecule has 0 fully saturated rings. The summed E-state index contributed by atoms with van der Waals surface area (Å²) in [5.41, 5.74) is 2.14. The van der Waals surface area contributed by atoms with Crippen molar-refractivity contribution in [2.45, 2.75) is 32.7 Å². The van der Waals surface area contributed by atoms with E-state index in [-0.39, 0.29) is 11.9 Å². The average molecular weight is 312 g/mol. The van der Waals surface area contributed by atoms with Gasteiger partial charge in [-0.3, -0.25) is 0 Å². The van der Waals surface area contributed by atoms with Crippen LogP contribution in [0.2, 0.25) is 4.34 Å². The van der Waals surface area contributed by atoms with Gasteiger partial charge in [0.05, 0.1) is 4.34 Å². The molecule has 1 atom stereocenters. The van der Waals surface area contributed by atoms with Gasteiger partial charge in [0.1, 0.15) is 5.82 Å². The van der Waals surface area contributed by atoms with E-state index in [0.29, 0.717) is 0 Å². The van der Waals surface area contributed by atoms with Crippen molar-refractivity contribution in [2.24, 2.45) is 0 Å². The Balaban J connectivity index is 2.22. The molecule has 0 saturated heterocycles. The number of hydrogen-bond acceptors (Lipinski definition) is 2. The smallest absolute Gasteiger partial charge is 0.123 e. The summed E-state index contributed by atoms with van der Waals surface area (Å²) >= 11 is 7.60. The number of rotatable bonds is 6. The van der Waals surface area contributed by atoms with Gasteiger partial charge in [0.2, 0.25) is 0 Å². The van der Waals surface area contributed by atoms with Crippen molar-refractivity contribution in [3.8, 4) is 0 Å². The third-order valence-corrected chi connectivity index (χ3v) is 4.54. The lowest BCUT2D eigenvalue weighted by Crippen LogP contribution is -2.24. The molecule has 1 aromatic heterocycles. The molecule has 0 amide bonds. The van der Waals surface area contributed by atoms with Gasteiger partial charge in [0, 0.05) is 17.3 Å². The van der Waals surface area contributed by atoms with Crippen LogP contribution in [0.5, 0.6) is 0 Å². The van der Waals surface area contributed by atoms with E-state index in [0.717, 1.165) is 34.8 Å². The molecule has 2 aromatic rings. The van der Waals surface area contributed by atoms with E-state index in [1.54, 1.807) is 17.4 Å². The van der Waals surface area contributed by atoms with E-state index in [1.165, 1.54) is 10.9 Å². The molecule has 0 bridgehead atoms. The molecule has 1 unspecified atom stereocenters. The predicted octanol–water partition coefficient (Wildman–Crippen LogP) is 5.13. The first-order chi connectivity index (χ1) is 9.60. The number of thiophene rings is 1. The van der Waals surface area contributed by atoms with Gasteiger partial charge in [-0.05, 0) is 55.3 Å². The van der Waals surface area contributed by atoms with Crippen molar-refractivity contribution in [2.75, 3.05) is 6.54 Å². The number of hydrogen-bond donors (Lipinski definition) is 1. The minimum atomic E-state index is -0.181. The number of nitrogens with one attached hydrogen (secondary N) is 1. The molecule has 0 spiro atoms. The Morgan fingerprint density at radius 3 is 2.70 bits per heavy atom. The highest BCUT2D eigenvalue weighted by molar-refractivity contribution is 7.16. The molecule has 1 heterocycles. The molecule has 2 rings (SSSR count). The van der Waals surface area contributed by atoms with Crippen molar-refractivity contribution >= 4 is 22.9 Å². The fourth-order valence-corrected chi connectivity index (χ4v) is 3.44. The molecule has 0 radical (unpaired) electrons. The van der Waals surface area contributed by atoms with Crippen molar-refractivity contribution in [1.29, 1.82) is 0 Å². The molecule has 0 aliphatic carbocycles. The second-order valence-corrected chi connectivity index (χ2v) is 6.72. The monoisotopic (exact) mass is 311 g/mol. The van der Waals surface area contributed by atoms with Gasteiger partial charge < -0.3 is 5.32 Å². The van der Waals surface area contributed by atoms with E-state index >= 15 is 0 Å². The highest BCUT2D eigenvalue weighted by Gasteiger charge is 2.15. The van der Waals surface area contributed by atoms with Crippen LogP contribution >= 0.6 is 22.9 Å². The van der Waals surface area contributed by atoms with Gasteiger partial charge in [-0.2, -0.15) is 0 Å². The minimum Gasteiger partial charge on any atom is -0.310 e. The molecule has 0 aliphatic heterocycles. The van der Waals surface area contributed by atoms with Crippen LogP contribution in [0.3, 0.4) is 0 Å². The predicted molar refractivity (Wildman–Crippen MR) is 85.2 cm³/mol. The number of benzene rings is 1. The van der Waals surface area contributed by atoms with Crippen LogP contribution in [-0.2, 0) is 6.42 Å². The van der Waals surface area contributed by atoms with E-state index in [1.807, 2.05) is 19.1 Å². The summed E-state index contributed by atoms with van der Waals surface area (Å²) in [6, 6.07) is 9.20. The zero-order chi connectivity index (χ0) is 14.5. The Morgan fingerprint density at radius 2 is 2.10 bits per heavy atom. The summed E-state index contributed by atoms with van der Waals surface area (Å²) in [5, 5.41) is 3.54. The van der Waals surface area contributed by atoms with E-state index in [9.17, 15) is 4.39 Å². The number of halogens is 2. The molecule has 0 saturated carbocycles.